The van der Waals surface area contributed by atoms with Crippen LogP contribution < -0.4 is 0 Å². The van der Waals surface area contributed by atoms with Gasteiger partial charge in [-0.15, -0.1) is 0 Å². The molecule has 0 fully saturated rings. The summed E-state index contributed by atoms with van der Waals surface area (Å²) in [5.41, 5.74) is 0.496. The summed E-state index contributed by atoms with van der Waals surface area (Å²) in [7, 11) is 0. The molecule has 0 aliphatic heterocycles. The highest BCUT2D eigenvalue weighted by atomic mass is 16.3. The van der Waals surface area contributed by atoms with Crippen molar-refractivity contribution in [2.45, 2.75) is 19.4 Å². The molecule has 1 aromatic rings. The predicted octanol–water partition coefficient (Wildman–Crippen LogP) is 1.15. The second-order valence-electron chi connectivity index (χ2n) is 3.81. The zero-order valence-electron chi connectivity index (χ0n) is 9.41. The molecule has 0 amide bonds. The van der Waals surface area contributed by atoms with Gasteiger partial charge in [-0.3, -0.25) is 0 Å². The minimum absolute atomic E-state index is 0.173. The maximum atomic E-state index is 9.50. The minimum atomic E-state index is -1.02. The number of aliphatic hydroxyl groups excluding tert-OH is 1. The van der Waals surface area contributed by atoms with Crippen LogP contribution in [0.15, 0.2) is 24.3 Å². The summed E-state index contributed by atoms with van der Waals surface area (Å²) in [5.74, 6) is 11.0. The van der Waals surface area contributed by atoms with Crippen molar-refractivity contribution in [2.24, 2.45) is 0 Å². The molecule has 0 unspecified atom stereocenters. The molecule has 16 heavy (non-hydrogen) atoms. The van der Waals surface area contributed by atoms with E-state index in [1.165, 1.54) is 0 Å². The lowest BCUT2D eigenvalue weighted by Gasteiger charge is -2.06. The van der Waals surface area contributed by atoms with Crippen molar-refractivity contribution in [2.75, 3.05) is 6.61 Å². The molecule has 2 nitrogen and oxygen atoms in total. The van der Waals surface area contributed by atoms with Gasteiger partial charge in [-0.05, 0) is 26.0 Å². The van der Waals surface area contributed by atoms with E-state index >= 15 is 0 Å². The molecular weight excluding hydrogens is 200 g/mol. The van der Waals surface area contributed by atoms with Crippen molar-refractivity contribution in [3.63, 3.8) is 0 Å². The molecule has 0 aliphatic rings. The molecule has 0 atom stereocenters. The largest absolute Gasteiger partial charge is 0.384 e. The smallest absolute Gasteiger partial charge is 0.120 e. The zero-order chi connectivity index (χ0) is 12.0. The summed E-state index contributed by atoms with van der Waals surface area (Å²) < 4.78 is 0. The molecule has 0 spiro atoms. The van der Waals surface area contributed by atoms with E-state index in [0.29, 0.717) is 0 Å². The third kappa shape index (κ3) is 4.19. The van der Waals surface area contributed by atoms with Crippen LogP contribution in [0.25, 0.3) is 0 Å². The lowest BCUT2D eigenvalue weighted by atomic mass is 10.1. The van der Waals surface area contributed by atoms with Gasteiger partial charge in [0.2, 0.25) is 0 Å². The Bertz CT molecular complexity index is 473. The topological polar surface area (TPSA) is 40.5 Å². The zero-order valence-corrected chi connectivity index (χ0v) is 9.41. The van der Waals surface area contributed by atoms with Crippen LogP contribution in [-0.4, -0.2) is 22.4 Å². The second kappa shape index (κ2) is 5.37. The molecule has 2 heteroatoms. The van der Waals surface area contributed by atoms with E-state index in [9.17, 15) is 5.11 Å². The Morgan fingerprint density at radius 3 is 2.19 bits per heavy atom. The molecular formula is C14H14O2. The summed E-state index contributed by atoms with van der Waals surface area (Å²) >= 11 is 0. The van der Waals surface area contributed by atoms with E-state index in [0.717, 1.165) is 11.1 Å². The Hall–Kier alpha value is -1.74. The van der Waals surface area contributed by atoms with Crippen molar-refractivity contribution in [3.05, 3.63) is 35.4 Å². The van der Waals surface area contributed by atoms with Crippen molar-refractivity contribution < 1.29 is 10.2 Å². The van der Waals surface area contributed by atoms with Gasteiger partial charge in [0, 0.05) is 11.1 Å². The highest BCUT2D eigenvalue weighted by Crippen LogP contribution is 2.06. The Morgan fingerprint density at radius 1 is 1.12 bits per heavy atom. The van der Waals surface area contributed by atoms with Gasteiger partial charge < -0.3 is 10.2 Å². The first kappa shape index (κ1) is 12.3. The van der Waals surface area contributed by atoms with Gasteiger partial charge in [0.15, 0.2) is 0 Å². The highest BCUT2D eigenvalue weighted by molar-refractivity contribution is 5.50. The minimum Gasteiger partial charge on any atom is -0.384 e. The lowest BCUT2D eigenvalue weighted by molar-refractivity contribution is 0.143. The number of benzene rings is 1. The molecule has 0 saturated heterocycles. The first-order chi connectivity index (χ1) is 7.53. The molecule has 0 heterocycles. The Balaban J connectivity index is 3.08. The van der Waals surface area contributed by atoms with Crippen LogP contribution in [0.1, 0.15) is 25.0 Å². The van der Waals surface area contributed by atoms with Crippen molar-refractivity contribution in [3.8, 4) is 23.7 Å². The van der Waals surface area contributed by atoms with E-state index in [2.05, 4.69) is 23.7 Å². The summed E-state index contributed by atoms with van der Waals surface area (Å²) in [6.45, 7) is 3.08. The molecule has 0 bridgehead atoms. The summed E-state index contributed by atoms with van der Waals surface area (Å²) in [5, 5.41) is 18.1. The van der Waals surface area contributed by atoms with E-state index in [1.54, 1.807) is 13.8 Å². The van der Waals surface area contributed by atoms with Gasteiger partial charge in [-0.1, -0.05) is 35.8 Å². The van der Waals surface area contributed by atoms with Crippen LogP contribution in [-0.2, 0) is 0 Å². The number of aliphatic hydroxyl groups is 2. The average molecular weight is 214 g/mol. The fourth-order valence-corrected chi connectivity index (χ4v) is 1.06. The molecule has 0 aliphatic carbocycles. The van der Waals surface area contributed by atoms with Crippen LogP contribution in [0.3, 0.4) is 0 Å². The molecule has 2 N–H and O–H groups in total. The fraction of sp³-hybridized carbons (Fsp3) is 0.286. The molecule has 1 rings (SSSR count). The quantitative estimate of drug-likeness (QED) is 0.636. The van der Waals surface area contributed by atoms with E-state index in [1.807, 2.05) is 24.3 Å². The Morgan fingerprint density at radius 2 is 1.69 bits per heavy atom. The molecule has 1 aromatic carbocycles. The molecule has 0 radical (unpaired) electrons. The highest BCUT2D eigenvalue weighted by Gasteiger charge is 2.06. The fourth-order valence-electron chi connectivity index (χ4n) is 1.06. The van der Waals surface area contributed by atoms with Gasteiger partial charge in [0.05, 0.1) is 0 Å². The van der Waals surface area contributed by atoms with Gasteiger partial charge in [-0.25, -0.2) is 0 Å². The summed E-state index contributed by atoms with van der Waals surface area (Å²) in [6.07, 6.45) is 0. The van der Waals surface area contributed by atoms with E-state index in [4.69, 9.17) is 5.11 Å². The Labute approximate surface area is 95.9 Å². The van der Waals surface area contributed by atoms with E-state index in [-0.39, 0.29) is 6.61 Å². The first-order valence-electron chi connectivity index (χ1n) is 4.97. The summed E-state index contributed by atoms with van der Waals surface area (Å²) in [6, 6.07) is 7.38. The molecule has 82 valence electrons. The SMILES string of the molecule is CC(C)(O)C#Cc1ccccc1C#CCO. The Kier molecular flexibility index (Phi) is 4.14. The maximum absolute atomic E-state index is 9.50. The number of hydrogen-bond donors (Lipinski definition) is 2. The molecule has 0 saturated carbocycles. The predicted molar refractivity (Wildman–Crippen MR) is 63.6 cm³/mol. The van der Waals surface area contributed by atoms with Gasteiger partial charge in [0.25, 0.3) is 0 Å². The van der Waals surface area contributed by atoms with Crippen molar-refractivity contribution >= 4 is 0 Å². The van der Waals surface area contributed by atoms with Crippen LogP contribution in [0.4, 0.5) is 0 Å². The average Bonchev–Trinajstić information content (AvgIpc) is 2.23. The maximum Gasteiger partial charge on any atom is 0.120 e. The third-order valence-electron chi connectivity index (χ3n) is 1.73. The number of rotatable bonds is 0. The van der Waals surface area contributed by atoms with Crippen LogP contribution in [0, 0.1) is 23.7 Å². The van der Waals surface area contributed by atoms with Gasteiger partial charge >= 0.3 is 0 Å². The standard InChI is InChI=1S/C14H14O2/c1-14(2,16)10-9-13-7-4-3-6-12(13)8-5-11-15/h3-4,6-7,15-16H,11H2,1-2H3. The lowest BCUT2D eigenvalue weighted by Crippen LogP contribution is -2.14. The van der Waals surface area contributed by atoms with E-state index < -0.39 is 5.60 Å². The number of hydrogen-bond acceptors (Lipinski definition) is 2. The third-order valence-corrected chi connectivity index (χ3v) is 1.73. The normalized spacial score (nSPS) is 9.75. The van der Waals surface area contributed by atoms with Gasteiger partial charge in [0.1, 0.15) is 12.2 Å². The van der Waals surface area contributed by atoms with Crippen molar-refractivity contribution in [1.82, 2.24) is 0 Å². The van der Waals surface area contributed by atoms with Crippen LogP contribution in [0.5, 0.6) is 0 Å². The monoisotopic (exact) mass is 214 g/mol. The van der Waals surface area contributed by atoms with Crippen LogP contribution >= 0.6 is 0 Å². The van der Waals surface area contributed by atoms with Crippen LogP contribution in [0.2, 0.25) is 0 Å². The second-order valence-corrected chi connectivity index (χ2v) is 3.81. The summed E-state index contributed by atoms with van der Waals surface area (Å²) in [4.78, 5) is 0. The molecule has 0 aromatic heterocycles. The van der Waals surface area contributed by atoms with Crippen molar-refractivity contribution in [1.29, 1.82) is 0 Å². The van der Waals surface area contributed by atoms with Gasteiger partial charge in [-0.2, -0.15) is 0 Å². The first-order valence-corrected chi connectivity index (χ1v) is 4.97.